The molecule has 0 saturated heterocycles. The molecule has 0 spiro atoms. The molecule has 2 aromatic carbocycles. The van der Waals surface area contributed by atoms with E-state index in [4.69, 9.17) is 9.84 Å². The number of carboxylic acid groups (broad SMARTS) is 1. The van der Waals surface area contributed by atoms with Gasteiger partial charge in [-0.25, -0.2) is 9.31 Å². The summed E-state index contributed by atoms with van der Waals surface area (Å²) in [6, 6.07) is 23.1. The smallest absolute Gasteiger partial charge is 0.411 e. The highest BCUT2D eigenvalue weighted by atomic mass is 16.5. The van der Waals surface area contributed by atoms with Crippen LogP contribution in [-0.4, -0.2) is 25.8 Å². The second-order valence-electron chi connectivity index (χ2n) is 5.85. The number of anilines is 1. The quantitative estimate of drug-likeness (QED) is 0.560. The number of hydrogen-bond donors (Lipinski definition) is 2. The number of nitrogens with zero attached hydrogens (tertiary/aromatic N) is 3. The number of para-hydroxylation sites is 1. The molecule has 0 atom stereocenters. The molecule has 0 saturated carbocycles. The van der Waals surface area contributed by atoms with E-state index in [0.29, 0.717) is 12.3 Å². The van der Waals surface area contributed by atoms with E-state index < -0.39 is 6.09 Å². The summed E-state index contributed by atoms with van der Waals surface area (Å²) in [6.07, 6.45) is -1.20. The molecule has 7 heteroatoms. The Morgan fingerprint density at radius 1 is 1.00 bits per heavy atom. The van der Waals surface area contributed by atoms with E-state index in [9.17, 15) is 4.79 Å². The molecule has 0 fully saturated rings. The van der Waals surface area contributed by atoms with Gasteiger partial charge in [-0.2, -0.15) is 4.98 Å². The number of amides is 1. The second kappa shape index (κ2) is 7.17. The third kappa shape index (κ3) is 3.72. The Bertz CT molecular complexity index is 1080. The zero-order valence-corrected chi connectivity index (χ0v) is 14.2. The average molecular weight is 360 g/mol. The number of aromatic nitrogens is 3. The van der Waals surface area contributed by atoms with Gasteiger partial charge < -0.3 is 9.84 Å². The van der Waals surface area contributed by atoms with Crippen molar-refractivity contribution in [1.29, 1.82) is 0 Å². The number of ether oxygens (including phenoxy) is 1. The van der Waals surface area contributed by atoms with Gasteiger partial charge in [0.05, 0.1) is 5.69 Å². The van der Waals surface area contributed by atoms with Crippen molar-refractivity contribution in [1.82, 2.24) is 14.6 Å². The fraction of sp³-hybridized carbons (Fsp3) is 0.0500. The van der Waals surface area contributed by atoms with E-state index in [-0.39, 0.29) is 5.95 Å². The molecule has 1 amide bonds. The molecule has 134 valence electrons. The van der Waals surface area contributed by atoms with Crippen LogP contribution in [0.4, 0.5) is 10.7 Å². The Labute approximate surface area is 154 Å². The predicted molar refractivity (Wildman–Crippen MR) is 101 cm³/mol. The highest BCUT2D eigenvalue weighted by Crippen LogP contribution is 2.22. The van der Waals surface area contributed by atoms with Crippen LogP contribution in [0.2, 0.25) is 0 Å². The minimum absolute atomic E-state index is 0.0443. The van der Waals surface area contributed by atoms with Crippen LogP contribution >= 0.6 is 0 Å². The van der Waals surface area contributed by atoms with Gasteiger partial charge in [0.15, 0.2) is 5.65 Å². The van der Waals surface area contributed by atoms with E-state index in [0.717, 1.165) is 22.6 Å². The molecule has 4 aromatic rings. The van der Waals surface area contributed by atoms with Crippen LogP contribution in [0.3, 0.4) is 0 Å². The van der Waals surface area contributed by atoms with Gasteiger partial charge in [0.25, 0.3) is 5.95 Å². The maximum absolute atomic E-state index is 10.8. The Morgan fingerprint density at radius 2 is 1.78 bits per heavy atom. The number of nitrogens with one attached hydrogen (secondary N) is 1. The number of rotatable bonds is 5. The predicted octanol–water partition coefficient (Wildman–Crippen LogP) is 4.07. The highest BCUT2D eigenvalue weighted by Gasteiger charge is 2.10. The molecule has 0 aliphatic carbocycles. The van der Waals surface area contributed by atoms with Crippen LogP contribution in [-0.2, 0) is 6.61 Å². The van der Waals surface area contributed by atoms with Crippen molar-refractivity contribution in [3.8, 4) is 17.0 Å². The lowest BCUT2D eigenvalue weighted by Crippen LogP contribution is -2.08. The number of carbonyl (C=O) groups is 1. The summed E-state index contributed by atoms with van der Waals surface area (Å²) in [7, 11) is 0. The second-order valence-corrected chi connectivity index (χ2v) is 5.85. The van der Waals surface area contributed by atoms with Crippen LogP contribution in [0.1, 0.15) is 5.56 Å². The maximum Gasteiger partial charge on any atom is 0.411 e. The van der Waals surface area contributed by atoms with Gasteiger partial charge in [0.1, 0.15) is 12.4 Å². The molecule has 2 aromatic heterocycles. The van der Waals surface area contributed by atoms with Crippen molar-refractivity contribution in [2.24, 2.45) is 0 Å². The summed E-state index contributed by atoms with van der Waals surface area (Å²) in [6.45, 7) is 0.477. The first kappa shape index (κ1) is 16.6. The third-order valence-corrected chi connectivity index (χ3v) is 3.98. The van der Waals surface area contributed by atoms with Gasteiger partial charge in [-0.05, 0) is 29.8 Å². The topological polar surface area (TPSA) is 88.8 Å². The van der Waals surface area contributed by atoms with Crippen molar-refractivity contribution in [3.63, 3.8) is 0 Å². The van der Waals surface area contributed by atoms with Crippen LogP contribution in [0, 0.1) is 0 Å². The summed E-state index contributed by atoms with van der Waals surface area (Å²) in [5.74, 6) is 0.871. The molecular weight excluding hydrogens is 344 g/mol. The fourth-order valence-corrected chi connectivity index (χ4v) is 2.73. The number of benzene rings is 2. The molecule has 0 unspecified atom stereocenters. The van der Waals surface area contributed by atoms with Crippen LogP contribution < -0.4 is 10.1 Å². The molecule has 27 heavy (non-hydrogen) atoms. The van der Waals surface area contributed by atoms with E-state index in [2.05, 4.69) is 15.4 Å². The van der Waals surface area contributed by atoms with Crippen LogP contribution in [0.25, 0.3) is 16.9 Å². The molecule has 4 rings (SSSR count). The summed E-state index contributed by atoms with van der Waals surface area (Å²) < 4.78 is 7.37. The van der Waals surface area contributed by atoms with Gasteiger partial charge in [0.2, 0.25) is 0 Å². The Kier molecular flexibility index (Phi) is 4.40. The minimum atomic E-state index is -1.20. The van der Waals surface area contributed by atoms with E-state index in [1.165, 1.54) is 0 Å². The molecule has 2 N–H and O–H groups in total. The van der Waals surface area contributed by atoms with Gasteiger partial charge >= 0.3 is 6.09 Å². The molecular formula is C20H16N4O3. The maximum atomic E-state index is 10.8. The lowest BCUT2D eigenvalue weighted by atomic mass is 10.1. The van der Waals surface area contributed by atoms with Crippen molar-refractivity contribution >= 4 is 17.7 Å². The third-order valence-electron chi connectivity index (χ3n) is 3.98. The fourth-order valence-electron chi connectivity index (χ4n) is 2.73. The summed E-state index contributed by atoms with van der Waals surface area (Å²) >= 11 is 0. The summed E-state index contributed by atoms with van der Waals surface area (Å²) in [4.78, 5) is 14.9. The van der Waals surface area contributed by atoms with E-state index in [1.54, 1.807) is 10.6 Å². The van der Waals surface area contributed by atoms with Crippen molar-refractivity contribution in [2.75, 3.05) is 5.32 Å². The first-order valence-electron chi connectivity index (χ1n) is 8.32. The first-order chi connectivity index (χ1) is 13.2. The zero-order chi connectivity index (χ0) is 18.6. The normalized spacial score (nSPS) is 10.7. The molecule has 0 radical (unpaired) electrons. The zero-order valence-electron chi connectivity index (χ0n) is 14.2. The van der Waals surface area contributed by atoms with Crippen molar-refractivity contribution in [2.45, 2.75) is 6.61 Å². The molecule has 0 bridgehead atoms. The lowest BCUT2D eigenvalue weighted by molar-refractivity contribution is 0.209. The van der Waals surface area contributed by atoms with Crippen LogP contribution in [0.15, 0.2) is 72.8 Å². The molecule has 2 heterocycles. The molecule has 0 aliphatic rings. The van der Waals surface area contributed by atoms with Gasteiger partial charge in [-0.3, -0.25) is 5.32 Å². The standard InChI is InChI=1S/C20H16N4O3/c25-20(26)22-19-21-18-8-4-7-17(24(18)23-19)15-11-9-14(10-12-15)13-27-16-5-2-1-3-6-16/h1-12H,13H2,(H,22,23)(H,25,26). The molecule has 7 nitrogen and oxygen atoms in total. The SMILES string of the molecule is O=C(O)Nc1nc2cccc(-c3ccc(COc4ccccc4)cc3)n2n1. The summed E-state index contributed by atoms with van der Waals surface area (Å²) in [5.41, 5.74) is 3.36. The van der Waals surface area contributed by atoms with Crippen molar-refractivity contribution < 1.29 is 14.6 Å². The number of pyridine rings is 1. The van der Waals surface area contributed by atoms with Gasteiger partial charge in [0, 0.05) is 5.56 Å². The van der Waals surface area contributed by atoms with Crippen LogP contribution in [0.5, 0.6) is 5.75 Å². The minimum Gasteiger partial charge on any atom is -0.489 e. The largest absolute Gasteiger partial charge is 0.489 e. The van der Waals surface area contributed by atoms with Crippen molar-refractivity contribution in [3.05, 3.63) is 78.4 Å². The average Bonchev–Trinajstić information content (AvgIpc) is 3.09. The lowest BCUT2D eigenvalue weighted by Gasteiger charge is -2.08. The monoisotopic (exact) mass is 360 g/mol. The van der Waals surface area contributed by atoms with E-state index in [1.807, 2.05) is 66.7 Å². The van der Waals surface area contributed by atoms with Gasteiger partial charge in [-0.1, -0.05) is 48.5 Å². The van der Waals surface area contributed by atoms with Gasteiger partial charge in [-0.15, -0.1) is 5.10 Å². The summed E-state index contributed by atoms with van der Waals surface area (Å²) in [5, 5.41) is 15.2. The highest BCUT2D eigenvalue weighted by molar-refractivity contribution is 5.80. The van der Waals surface area contributed by atoms with E-state index >= 15 is 0 Å². The number of fused-ring (bicyclic) bond motifs is 1. The Hall–Kier alpha value is -3.87. The Balaban J connectivity index is 1.56. The molecule has 0 aliphatic heterocycles. The number of hydrogen-bond acceptors (Lipinski definition) is 4. The first-order valence-corrected chi connectivity index (χ1v) is 8.32. The Morgan fingerprint density at radius 3 is 2.52 bits per heavy atom.